The molecular formula is C10H17NO2S. The summed E-state index contributed by atoms with van der Waals surface area (Å²) in [6.45, 7) is 5.35. The van der Waals surface area contributed by atoms with E-state index in [1.165, 1.54) is 0 Å². The number of rotatable bonds is 5. The van der Waals surface area contributed by atoms with Crippen molar-refractivity contribution in [3.63, 3.8) is 0 Å². The Morgan fingerprint density at radius 2 is 2.29 bits per heavy atom. The van der Waals surface area contributed by atoms with Crippen molar-refractivity contribution in [3.8, 4) is 0 Å². The molecule has 1 aromatic rings. The van der Waals surface area contributed by atoms with Gasteiger partial charge in [-0.1, -0.05) is 0 Å². The highest BCUT2D eigenvalue weighted by atomic mass is 32.2. The topological polar surface area (TPSA) is 42.2 Å². The summed E-state index contributed by atoms with van der Waals surface area (Å²) in [6.07, 6.45) is 1.73. The molecule has 0 bridgehead atoms. The molecule has 1 heterocycles. The van der Waals surface area contributed by atoms with Gasteiger partial charge in [0, 0.05) is 28.9 Å². The van der Waals surface area contributed by atoms with Gasteiger partial charge in [-0.25, -0.2) is 0 Å². The van der Waals surface area contributed by atoms with E-state index in [1.807, 2.05) is 26.0 Å². The fourth-order valence-corrected chi connectivity index (χ4v) is 1.45. The van der Waals surface area contributed by atoms with Crippen molar-refractivity contribution in [3.05, 3.63) is 23.7 Å². The molecule has 1 rings (SSSR count). The molecule has 4 heteroatoms. The van der Waals surface area contributed by atoms with E-state index in [2.05, 4.69) is 5.32 Å². The largest absolute Gasteiger partial charge is 0.465 e. The minimum absolute atomic E-state index is 0.186. The van der Waals surface area contributed by atoms with Crippen LogP contribution < -0.4 is 5.32 Å². The van der Waals surface area contributed by atoms with Crippen molar-refractivity contribution in [2.75, 3.05) is 12.8 Å². The third kappa shape index (κ3) is 3.64. The molecule has 3 nitrogen and oxygen atoms in total. The lowest BCUT2D eigenvalue weighted by atomic mass is 10.4. The zero-order valence-electron chi connectivity index (χ0n) is 8.87. The Kier molecular flexibility index (Phi) is 4.35. The van der Waals surface area contributed by atoms with Crippen molar-refractivity contribution in [2.24, 2.45) is 0 Å². The van der Waals surface area contributed by atoms with E-state index in [4.69, 9.17) is 4.42 Å². The van der Waals surface area contributed by atoms with Crippen molar-refractivity contribution in [2.45, 2.75) is 25.6 Å². The Morgan fingerprint density at radius 3 is 2.79 bits per heavy atom. The van der Waals surface area contributed by atoms with E-state index < -0.39 is 10.8 Å². The van der Waals surface area contributed by atoms with E-state index in [-0.39, 0.29) is 5.25 Å². The lowest BCUT2D eigenvalue weighted by Crippen LogP contribution is -2.26. The molecule has 0 aliphatic carbocycles. The summed E-state index contributed by atoms with van der Waals surface area (Å²) in [5.41, 5.74) is 0. The molecule has 0 radical (unpaired) electrons. The van der Waals surface area contributed by atoms with Crippen LogP contribution in [0.2, 0.25) is 0 Å². The Labute approximate surface area is 87.3 Å². The molecule has 2 unspecified atom stereocenters. The van der Waals surface area contributed by atoms with Crippen LogP contribution in [0, 0.1) is 6.92 Å². The average molecular weight is 215 g/mol. The van der Waals surface area contributed by atoms with Crippen molar-refractivity contribution in [1.82, 2.24) is 5.32 Å². The minimum atomic E-state index is -0.756. The van der Waals surface area contributed by atoms with Gasteiger partial charge in [0.1, 0.15) is 11.5 Å². The Balaban J connectivity index is 2.25. The summed E-state index contributed by atoms with van der Waals surface area (Å²) in [5, 5.41) is 3.40. The molecule has 0 aliphatic rings. The van der Waals surface area contributed by atoms with Gasteiger partial charge in [0.15, 0.2) is 0 Å². The van der Waals surface area contributed by atoms with E-state index >= 15 is 0 Å². The first-order chi connectivity index (χ1) is 6.59. The fraction of sp³-hybridized carbons (Fsp3) is 0.600. The predicted molar refractivity (Wildman–Crippen MR) is 58.7 cm³/mol. The number of furan rings is 1. The molecule has 0 aliphatic heterocycles. The number of hydrogen-bond acceptors (Lipinski definition) is 3. The summed E-state index contributed by atoms with van der Waals surface area (Å²) in [4.78, 5) is 0. The normalized spacial score (nSPS) is 15.4. The second kappa shape index (κ2) is 5.32. The van der Waals surface area contributed by atoms with Gasteiger partial charge in [0.05, 0.1) is 6.54 Å². The van der Waals surface area contributed by atoms with Crippen molar-refractivity contribution in [1.29, 1.82) is 0 Å². The molecule has 1 aromatic heterocycles. The monoisotopic (exact) mass is 215 g/mol. The van der Waals surface area contributed by atoms with E-state index in [1.54, 1.807) is 6.26 Å². The zero-order chi connectivity index (χ0) is 10.6. The van der Waals surface area contributed by atoms with Gasteiger partial charge < -0.3 is 9.73 Å². The first kappa shape index (κ1) is 11.5. The van der Waals surface area contributed by atoms with Crippen LogP contribution in [0.4, 0.5) is 0 Å². The van der Waals surface area contributed by atoms with Crippen molar-refractivity contribution >= 4 is 10.8 Å². The SMILES string of the molecule is Cc1ccc(CNCC(C)S(C)=O)o1. The summed E-state index contributed by atoms with van der Waals surface area (Å²) in [7, 11) is -0.756. The first-order valence-electron chi connectivity index (χ1n) is 4.68. The second-order valence-corrected chi connectivity index (χ2v) is 5.25. The fourth-order valence-electron chi connectivity index (χ4n) is 1.10. The molecular weight excluding hydrogens is 198 g/mol. The van der Waals surface area contributed by atoms with Crippen LogP contribution in [-0.4, -0.2) is 22.3 Å². The molecule has 80 valence electrons. The maximum absolute atomic E-state index is 11.0. The van der Waals surface area contributed by atoms with Gasteiger partial charge in [0.2, 0.25) is 0 Å². The van der Waals surface area contributed by atoms with Crippen LogP contribution in [0.5, 0.6) is 0 Å². The van der Waals surface area contributed by atoms with Crippen LogP contribution in [0.25, 0.3) is 0 Å². The molecule has 0 saturated heterocycles. The molecule has 0 saturated carbocycles. The van der Waals surface area contributed by atoms with Gasteiger partial charge in [-0.3, -0.25) is 4.21 Å². The lowest BCUT2D eigenvalue weighted by Gasteiger charge is -2.08. The predicted octanol–water partition coefficient (Wildman–Crippen LogP) is 1.44. The van der Waals surface area contributed by atoms with Gasteiger partial charge in [0.25, 0.3) is 0 Å². The molecule has 0 amide bonds. The Hall–Kier alpha value is -0.610. The molecule has 14 heavy (non-hydrogen) atoms. The highest BCUT2D eigenvalue weighted by Gasteiger charge is 2.05. The zero-order valence-corrected chi connectivity index (χ0v) is 9.69. The first-order valence-corrected chi connectivity index (χ1v) is 6.30. The minimum Gasteiger partial charge on any atom is -0.465 e. The molecule has 1 N–H and O–H groups in total. The lowest BCUT2D eigenvalue weighted by molar-refractivity contribution is 0.462. The quantitative estimate of drug-likeness (QED) is 0.808. The number of aryl methyl sites for hydroxylation is 1. The molecule has 0 aromatic carbocycles. The van der Waals surface area contributed by atoms with Crippen LogP contribution in [0.1, 0.15) is 18.4 Å². The summed E-state index contributed by atoms with van der Waals surface area (Å²) >= 11 is 0. The molecule has 2 atom stereocenters. The summed E-state index contributed by atoms with van der Waals surface area (Å²) in [6, 6.07) is 3.90. The van der Waals surface area contributed by atoms with E-state index in [0.29, 0.717) is 6.54 Å². The summed E-state index contributed by atoms with van der Waals surface area (Å²) < 4.78 is 16.4. The van der Waals surface area contributed by atoms with Crippen LogP contribution in [-0.2, 0) is 17.3 Å². The average Bonchev–Trinajstić information content (AvgIpc) is 2.51. The molecule has 0 spiro atoms. The van der Waals surface area contributed by atoms with E-state index in [9.17, 15) is 4.21 Å². The standard InChI is InChI=1S/C10H17NO2S/c1-8-4-5-10(13-8)7-11-6-9(2)14(3)12/h4-5,9,11H,6-7H2,1-3H3. The summed E-state index contributed by atoms with van der Waals surface area (Å²) in [5.74, 6) is 1.85. The van der Waals surface area contributed by atoms with Gasteiger partial charge in [-0.05, 0) is 26.0 Å². The Morgan fingerprint density at radius 1 is 1.57 bits per heavy atom. The maximum Gasteiger partial charge on any atom is 0.117 e. The highest BCUT2D eigenvalue weighted by molar-refractivity contribution is 7.84. The Bertz CT molecular complexity index is 309. The number of hydrogen-bond donors (Lipinski definition) is 1. The third-order valence-electron chi connectivity index (χ3n) is 2.09. The van der Waals surface area contributed by atoms with Crippen LogP contribution in [0.15, 0.2) is 16.5 Å². The van der Waals surface area contributed by atoms with Gasteiger partial charge in [-0.2, -0.15) is 0 Å². The van der Waals surface area contributed by atoms with Crippen molar-refractivity contribution < 1.29 is 8.63 Å². The van der Waals surface area contributed by atoms with Crippen LogP contribution in [0.3, 0.4) is 0 Å². The van der Waals surface area contributed by atoms with Gasteiger partial charge in [-0.15, -0.1) is 0 Å². The maximum atomic E-state index is 11.0. The smallest absolute Gasteiger partial charge is 0.117 e. The second-order valence-electron chi connectivity index (χ2n) is 3.45. The molecule has 0 fully saturated rings. The third-order valence-corrected chi connectivity index (χ3v) is 3.39. The van der Waals surface area contributed by atoms with E-state index in [0.717, 1.165) is 18.1 Å². The van der Waals surface area contributed by atoms with Gasteiger partial charge >= 0.3 is 0 Å². The highest BCUT2D eigenvalue weighted by Crippen LogP contribution is 2.05. The van der Waals surface area contributed by atoms with Crippen LogP contribution >= 0.6 is 0 Å². The number of nitrogens with one attached hydrogen (secondary N) is 1.